The molecule has 2 aromatic rings. The Labute approximate surface area is 174 Å². The molecule has 2 heterocycles. The first kappa shape index (κ1) is 21.0. The standard InChI is InChI=1S/C19H26ClN5O2S/c1-13(2)11-25-18(24-6-8-27-9-7-24)22-23-19(25)28-12-17(26)21-15-5-4-14(3)16(20)10-15/h4-5,10,13H,6-9,11-12H2,1-3H3,(H,21,26). The number of carbonyl (C=O) groups excluding carboxylic acids is 1. The molecule has 0 saturated carbocycles. The Hall–Kier alpha value is -1.77. The molecule has 1 amide bonds. The number of hydrogen-bond donors (Lipinski definition) is 1. The van der Waals surface area contributed by atoms with E-state index in [4.69, 9.17) is 16.3 Å². The van der Waals surface area contributed by atoms with E-state index in [1.807, 2.05) is 19.1 Å². The number of thioether (sulfide) groups is 1. The zero-order valence-electron chi connectivity index (χ0n) is 16.4. The molecule has 0 radical (unpaired) electrons. The van der Waals surface area contributed by atoms with Gasteiger partial charge in [0.1, 0.15) is 0 Å². The lowest BCUT2D eigenvalue weighted by molar-refractivity contribution is -0.113. The Kier molecular flexibility index (Phi) is 7.20. The van der Waals surface area contributed by atoms with Gasteiger partial charge in [-0.25, -0.2) is 0 Å². The number of amides is 1. The lowest BCUT2D eigenvalue weighted by Gasteiger charge is -2.28. The summed E-state index contributed by atoms with van der Waals surface area (Å²) in [5.74, 6) is 1.45. The molecule has 1 aromatic carbocycles. The Morgan fingerprint density at radius 3 is 2.75 bits per heavy atom. The Bertz CT molecular complexity index is 821. The zero-order valence-corrected chi connectivity index (χ0v) is 18.0. The van der Waals surface area contributed by atoms with E-state index in [-0.39, 0.29) is 11.7 Å². The minimum Gasteiger partial charge on any atom is -0.378 e. The van der Waals surface area contributed by atoms with Crippen molar-refractivity contribution in [2.24, 2.45) is 5.92 Å². The second kappa shape index (κ2) is 9.62. The number of nitrogens with zero attached hydrogens (tertiary/aromatic N) is 4. The van der Waals surface area contributed by atoms with Crippen LogP contribution in [0.3, 0.4) is 0 Å². The summed E-state index contributed by atoms with van der Waals surface area (Å²) in [4.78, 5) is 14.6. The van der Waals surface area contributed by atoms with Crippen molar-refractivity contribution in [3.05, 3.63) is 28.8 Å². The van der Waals surface area contributed by atoms with Gasteiger partial charge in [0.05, 0.1) is 19.0 Å². The van der Waals surface area contributed by atoms with E-state index in [1.54, 1.807) is 6.07 Å². The highest BCUT2D eigenvalue weighted by molar-refractivity contribution is 7.99. The van der Waals surface area contributed by atoms with Gasteiger partial charge in [0.15, 0.2) is 5.16 Å². The highest BCUT2D eigenvalue weighted by atomic mass is 35.5. The van der Waals surface area contributed by atoms with Crippen LogP contribution in [0.2, 0.25) is 5.02 Å². The Balaban J connectivity index is 1.66. The molecule has 1 aliphatic heterocycles. The van der Waals surface area contributed by atoms with Crippen molar-refractivity contribution in [1.82, 2.24) is 14.8 Å². The maximum absolute atomic E-state index is 12.4. The first-order chi connectivity index (χ1) is 13.4. The topological polar surface area (TPSA) is 72.3 Å². The predicted octanol–water partition coefficient (Wildman–Crippen LogP) is 3.46. The molecule has 0 unspecified atom stereocenters. The van der Waals surface area contributed by atoms with Crippen molar-refractivity contribution in [2.45, 2.75) is 32.5 Å². The van der Waals surface area contributed by atoms with Gasteiger partial charge in [0, 0.05) is 30.3 Å². The van der Waals surface area contributed by atoms with Crippen LogP contribution in [0.4, 0.5) is 11.6 Å². The van der Waals surface area contributed by atoms with E-state index in [9.17, 15) is 4.79 Å². The van der Waals surface area contributed by atoms with Crippen LogP contribution in [-0.2, 0) is 16.1 Å². The summed E-state index contributed by atoms with van der Waals surface area (Å²) in [5.41, 5.74) is 1.67. The summed E-state index contributed by atoms with van der Waals surface area (Å²) in [6, 6.07) is 5.50. The van der Waals surface area contributed by atoms with Crippen LogP contribution in [0.5, 0.6) is 0 Å². The summed E-state index contributed by atoms with van der Waals surface area (Å²) in [7, 11) is 0. The molecule has 1 aliphatic rings. The van der Waals surface area contributed by atoms with E-state index in [0.29, 0.717) is 29.8 Å². The highest BCUT2D eigenvalue weighted by Crippen LogP contribution is 2.25. The van der Waals surface area contributed by atoms with Crippen molar-refractivity contribution >= 4 is 40.9 Å². The summed E-state index contributed by atoms with van der Waals surface area (Å²) in [6.45, 7) is 10.0. The number of anilines is 2. The quantitative estimate of drug-likeness (QED) is 0.687. The Morgan fingerprint density at radius 1 is 1.32 bits per heavy atom. The highest BCUT2D eigenvalue weighted by Gasteiger charge is 2.21. The predicted molar refractivity (Wildman–Crippen MR) is 113 cm³/mol. The largest absolute Gasteiger partial charge is 0.378 e. The Morgan fingerprint density at radius 2 is 2.07 bits per heavy atom. The number of carbonyl (C=O) groups is 1. The molecular weight excluding hydrogens is 398 g/mol. The van der Waals surface area contributed by atoms with Crippen LogP contribution in [0.15, 0.2) is 23.4 Å². The van der Waals surface area contributed by atoms with Gasteiger partial charge in [0.25, 0.3) is 0 Å². The van der Waals surface area contributed by atoms with Gasteiger partial charge in [-0.2, -0.15) is 0 Å². The summed E-state index contributed by atoms with van der Waals surface area (Å²) < 4.78 is 7.54. The van der Waals surface area contributed by atoms with Crippen molar-refractivity contribution in [2.75, 3.05) is 42.3 Å². The van der Waals surface area contributed by atoms with Gasteiger partial charge in [0.2, 0.25) is 11.9 Å². The summed E-state index contributed by atoms with van der Waals surface area (Å²) in [6.07, 6.45) is 0. The van der Waals surface area contributed by atoms with Gasteiger partial charge in [-0.05, 0) is 30.5 Å². The third-order valence-electron chi connectivity index (χ3n) is 4.33. The normalized spacial score (nSPS) is 14.5. The number of hydrogen-bond acceptors (Lipinski definition) is 6. The number of morpholine rings is 1. The minimum atomic E-state index is -0.100. The van der Waals surface area contributed by atoms with E-state index in [1.165, 1.54) is 11.8 Å². The van der Waals surface area contributed by atoms with E-state index >= 15 is 0 Å². The lowest BCUT2D eigenvalue weighted by atomic mass is 10.2. The van der Waals surface area contributed by atoms with Gasteiger partial charge >= 0.3 is 0 Å². The van der Waals surface area contributed by atoms with Gasteiger partial charge in [-0.3, -0.25) is 9.36 Å². The van der Waals surface area contributed by atoms with Gasteiger partial charge in [-0.1, -0.05) is 43.3 Å². The number of benzene rings is 1. The molecule has 3 rings (SSSR count). The summed E-state index contributed by atoms with van der Waals surface area (Å²) in [5, 5.41) is 13.0. The van der Waals surface area contributed by atoms with Crippen molar-refractivity contribution in [1.29, 1.82) is 0 Å². The number of halogens is 1. The first-order valence-corrected chi connectivity index (χ1v) is 10.7. The SMILES string of the molecule is Cc1ccc(NC(=O)CSc2nnc(N3CCOCC3)n2CC(C)C)cc1Cl. The molecule has 0 atom stereocenters. The molecule has 1 N–H and O–H groups in total. The minimum absolute atomic E-state index is 0.100. The third-order valence-corrected chi connectivity index (χ3v) is 5.70. The number of aryl methyl sites for hydroxylation is 1. The molecule has 0 spiro atoms. The van der Waals surface area contributed by atoms with Crippen LogP contribution in [0.1, 0.15) is 19.4 Å². The van der Waals surface area contributed by atoms with Crippen molar-refractivity contribution in [3.8, 4) is 0 Å². The van der Waals surface area contributed by atoms with Crippen LogP contribution in [0.25, 0.3) is 0 Å². The molecule has 1 aromatic heterocycles. The zero-order chi connectivity index (χ0) is 20.1. The number of aromatic nitrogens is 3. The average Bonchev–Trinajstić information content (AvgIpc) is 3.05. The number of ether oxygens (including phenoxy) is 1. The van der Waals surface area contributed by atoms with E-state index in [0.717, 1.165) is 36.3 Å². The second-order valence-corrected chi connectivity index (χ2v) is 8.54. The average molecular weight is 424 g/mol. The number of nitrogens with one attached hydrogen (secondary N) is 1. The van der Waals surface area contributed by atoms with Crippen LogP contribution in [0, 0.1) is 12.8 Å². The third kappa shape index (κ3) is 5.40. The van der Waals surface area contributed by atoms with Gasteiger partial charge in [-0.15, -0.1) is 10.2 Å². The molecule has 28 heavy (non-hydrogen) atoms. The van der Waals surface area contributed by atoms with Gasteiger partial charge < -0.3 is 15.0 Å². The van der Waals surface area contributed by atoms with Crippen LogP contribution >= 0.6 is 23.4 Å². The molecule has 0 aliphatic carbocycles. The van der Waals surface area contributed by atoms with Crippen LogP contribution in [-0.4, -0.2) is 52.7 Å². The van der Waals surface area contributed by atoms with Crippen LogP contribution < -0.4 is 10.2 Å². The molecular formula is C19H26ClN5O2S. The second-order valence-electron chi connectivity index (χ2n) is 7.19. The molecule has 152 valence electrons. The fourth-order valence-corrected chi connectivity index (χ4v) is 3.83. The smallest absolute Gasteiger partial charge is 0.234 e. The van der Waals surface area contributed by atoms with Crippen molar-refractivity contribution < 1.29 is 9.53 Å². The maximum atomic E-state index is 12.4. The monoisotopic (exact) mass is 423 g/mol. The summed E-state index contributed by atoms with van der Waals surface area (Å²) >= 11 is 7.52. The molecule has 0 bridgehead atoms. The fourth-order valence-electron chi connectivity index (χ4n) is 2.91. The number of rotatable bonds is 7. The maximum Gasteiger partial charge on any atom is 0.234 e. The van der Waals surface area contributed by atoms with Crippen molar-refractivity contribution in [3.63, 3.8) is 0 Å². The fraction of sp³-hybridized carbons (Fsp3) is 0.526. The molecule has 1 fully saturated rings. The first-order valence-electron chi connectivity index (χ1n) is 9.38. The van der Waals surface area contributed by atoms with E-state index in [2.05, 4.69) is 38.8 Å². The lowest BCUT2D eigenvalue weighted by Crippen LogP contribution is -2.38. The molecule has 7 nitrogen and oxygen atoms in total. The molecule has 1 saturated heterocycles. The van der Waals surface area contributed by atoms with E-state index < -0.39 is 0 Å². The molecule has 9 heteroatoms.